The normalized spacial score (nSPS) is 12.1. The number of benzene rings is 1. The topological polar surface area (TPSA) is 126 Å². The van der Waals surface area contributed by atoms with E-state index in [-0.39, 0.29) is 0 Å². The maximum absolute atomic E-state index is 11.6. The number of carbonyl (C=O) groups excluding carboxylic acids is 1. The first kappa shape index (κ1) is 17.6. The molecule has 0 heterocycles. The van der Waals surface area contributed by atoms with Crippen LogP contribution in [0.4, 0.5) is 10.5 Å². The van der Waals surface area contributed by atoms with E-state index in [1.165, 1.54) is 0 Å². The molecule has 0 radical (unpaired) electrons. The lowest BCUT2D eigenvalue weighted by Gasteiger charge is -2.11. The number of urea groups is 1. The fourth-order valence-electron chi connectivity index (χ4n) is 1.68. The molecule has 0 aromatic heterocycles. The van der Waals surface area contributed by atoms with Gasteiger partial charge in [0.05, 0.1) is 12.8 Å². The molecule has 0 aliphatic rings. The van der Waals surface area contributed by atoms with Gasteiger partial charge in [-0.2, -0.15) is 0 Å². The molecule has 2 amide bonds. The van der Waals surface area contributed by atoms with Crippen LogP contribution < -0.4 is 15.8 Å². The van der Waals surface area contributed by atoms with Crippen molar-refractivity contribution in [1.29, 1.82) is 0 Å². The summed E-state index contributed by atoms with van der Waals surface area (Å²) in [6.07, 6.45) is 1.62. The first-order chi connectivity index (χ1) is 10.6. The number of ether oxygens (including phenoxy) is 1. The van der Waals surface area contributed by atoms with E-state index >= 15 is 0 Å². The summed E-state index contributed by atoms with van der Waals surface area (Å²) >= 11 is 0. The number of aliphatic carboxylic acids is 1. The van der Waals surface area contributed by atoms with Crippen LogP contribution in [0.5, 0.6) is 5.75 Å². The van der Waals surface area contributed by atoms with Gasteiger partial charge >= 0.3 is 12.0 Å². The van der Waals surface area contributed by atoms with E-state index in [1.807, 2.05) is 0 Å². The zero-order chi connectivity index (χ0) is 16.4. The lowest BCUT2D eigenvalue weighted by atomic mass is 10.1. The van der Waals surface area contributed by atoms with Gasteiger partial charge in [0.15, 0.2) is 0 Å². The SMILES string of the molecule is COc1ccc(N=NC(=O)N[C@@H](CCCCN)C(=O)O)cc1. The minimum absolute atomic E-state index is 0.302. The molecule has 1 atom stereocenters. The monoisotopic (exact) mass is 308 g/mol. The molecule has 0 bridgehead atoms. The summed E-state index contributed by atoms with van der Waals surface area (Å²) in [4.78, 5) is 22.6. The van der Waals surface area contributed by atoms with Crippen molar-refractivity contribution in [2.75, 3.05) is 13.7 Å². The molecule has 0 aliphatic heterocycles. The summed E-state index contributed by atoms with van der Waals surface area (Å²) in [5, 5.41) is 18.5. The molecule has 1 aromatic rings. The Morgan fingerprint density at radius 1 is 1.32 bits per heavy atom. The van der Waals surface area contributed by atoms with Gasteiger partial charge in [0, 0.05) is 0 Å². The smallest absolute Gasteiger partial charge is 0.360 e. The summed E-state index contributed by atoms with van der Waals surface area (Å²) in [5.41, 5.74) is 5.81. The second-order valence-corrected chi connectivity index (χ2v) is 4.52. The van der Waals surface area contributed by atoms with Crippen LogP contribution >= 0.6 is 0 Å². The largest absolute Gasteiger partial charge is 0.497 e. The molecule has 0 saturated heterocycles. The number of hydrogen-bond donors (Lipinski definition) is 3. The predicted molar refractivity (Wildman–Crippen MR) is 80.4 cm³/mol. The molecule has 8 heteroatoms. The maximum atomic E-state index is 11.6. The van der Waals surface area contributed by atoms with Crippen LogP contribution in [0.2, 0.25) is 0 Å². The van der Waals surface area contributed by atoms with Gasteiger partial charge in [-0.3, -0.25) is 0 Å². The number of carboxylic acid groups (broad SMARTS) is 1. The van der Waals surface area contributed by atoms with E-state index in [0.717, 1.165) is 0 Å². The number of unbranched alkanes of at least 4 members (excludes halogenated alkanes) is 1. The minimum Gasteiger partial charge on any atom is -0.497 e. The van der Waals surface area contributed by atoms with Crippen molar-refractivity contribution in [2.45, 2.75) is 25.3 Å². The minimum atomic E-state index is -1.11. The quantitative estimate of drug-likeness (QED) is 0.500. The summed E-state index contributed by atoms with van der Waals surface area (Å²) in [6, 6.07) is 4.83. The van der Waals surface area contributed by atoms with Crippen LogP contribution in [0.25, 0.3) is 0 Å². The average Bonchev–Trinajstić information content (AvgIpc) is 2.52. The van der Waals surface area contributed by atoms with Crippen LogP contribution in [0, 0.1) is 0 Å². The Balaban J connectivity index is 2.54. The van der Waals surface area contributed by atoms with Crippen molar-refractivity contribution in [3.8, 4) is 5.75 Å². The van der Waals surface area contributed by atoms with Crippen LogP contribution in [0.3, 0.4) is 0 Å². The van der Waals surface area contributed by atoms with Crippen LogP contribution in [-0.4, -0.2) is 36.8 Å². The fourth-order valence-corrected chi connectivity index (χ4v) is 1.68. The first-order valence-electron chi connectivity index (χ1n) is 6.86. The number of methoxy groups -OCH3 is 1. The Bertz CT molecular complexity index is 516. The number of nitrogens with one attached hydrogen (secondary N) is 1. The number of amides is 2. The predicted octanol–water partition coefficient (Wildman–Crippen LogP) is 2.07. The van der Waals surface area contributed by atoms with Crippen molar-refractivity contribution in [3.05, 3.63) is 24.3 Å². The fraction of sp³-hybridized carbons (Fsp3) is 0.429. The van der Waals surface area contributed by atoms with Gasteiger partial charge in [0.2, 0.25) is 0 Å². The third-order valence-electron chi connectivity index (χ3n) is 2.87. The first-order valence-corrected chi connectivity index (χ1v) is 6.86. The van der Waals surface area contributed by atoms with Gasteiger partial charge in [-0.25, -0.2) is 9.59 Å². The molecule has 0 spiro atoms. The van der Waals surface area contributed by atoms with Crippen molar-refractivity contribution in [1.82, 2.24) is 5.32 Å². The summed E-state index contributed by atoms with van der Waals surface area (Å²) in [5.74, 6) is -0.445. The highest BCUT2D eigenvalue weighted by molar-refractivity contribution is 5.82. The highest BCUT2D eigenvalue weighted by Crippen LogP contribution is 2.17. The van der Waals surface area contributed by atoms with Crippen molar-refractivity contribution in [3.63, 3.8) is 0 Å². The Morgan fingerprint density at radius 3 is 2.55 bits per heavy atom. The summed E-state index contributed by atoms with van der Waals surface area (Å²) < 4.78 is 4.99. The van der Waals surface area contributed by atoms with Gasteiger partial charge in [-0.1, -0.05) is 5.11 Å². The van der Waals surface area contributed by atoms with Gasteiger partial charge in [0.25, 0.3) is 0 Å². The molecule has 4 N–H and O–H groups in total. The van der Waals surface area contributed by atoms with Crippen LogP contribution in [0.15, 0.2) is 34.5 Å². The van der Waals surface area contributed by atoms with Crippen LogP contribution in [0.1, 0.15) is 19.3 Å². The highest BCUT2D eigenvalue weighted by Gasteiger charge is 2.19. The third kappa shape index (κ3) is 6.31. The van der Waals surface area contributed by atoms with Crippen molar-refractivity contribution >= 4 is 17.7 Å². The standard InChI is InChI=1S/C14H20N4O4/c1-22-11-7-5-10(6-8-11)17-18-14(21)16-12(13(19)20)4-2-3-9-15/h5-8,12H,2-4,9,15H2,1H3,(H,16,21)(H,19,20)/t12-/m0/s1. The van der Waals surface area contributed by atoms with E-state index < -0.39 is 18.0 Å². The molecule has 8 nitrogen and oxygen atoms in total. The molecule has 0 fully saturated rings. The maximum Gasteiger partial charge on any atom is 0.360 e. The zero-order valence-electron chi connectivity index (χ0n) is 12.4. The molecular weight excluding hydrogens is 288 g/mol. The molecule has 0 unspecified atom stereocenters. The lowest BCUT2D eigenvalue weighted by molar-refractivity contribution is -0.139. The number of nitrogens with zero attached hydrogens (tertiary/aromatic N) is 2. The second kappa shape index (κ2) is 9.46. The van der Waals surface area contributed by atoms with Crippen molar-refractivity contribution in [2.24, 2.45) is 16.0 Å². The zero-order valence-corrected chi connectivity index (χ0v) is 12.4. The molecule has 22 heavy (non-hydrogen) atoms. The lowest BCUT2D eigenvalue weighted by Crippen LogP contribution is -2.39. The van der Waals surface area contributed by atoms with Gasteiger partial charge in [0.1, 0.15) is 11.8 Å². The number of nitrogens with two attached hydrogens (primary N) is 1. The average molecular weight is 308 g/mol. The second-order valence-electron chi connectivity index (χ2n) is 4.52. The Hall–Kier alpha value is -2.48. The van der Waals surface area contributed by atoms with E-state index in [2.05, 4.69) is 15.5 Å². The number of carbonyl (C=O) groups is 2. The number of hydrogen-bond acceptors (Lipinski definition) is 5. The number of rotatable bonds is 8. The van der Waals surface area contributed by atoms with E-state index in [0.29, 0.717) is 37.2 Å². The van der Waals surface area contributed by atoms with Gasteiger partial charge in [-0.15, -0.1) is 5.11 Å². The van der Waals surface area contributed by atoms with Gasteiger partial charge < -0.3 is 20.9 Å². The van der Waals surface area contributed by atoms with Gasteiger partial charge in [-0.05, 0) is 50.1 Å². The third-order valence-corrected chi connectivity index (χ3v) is 2.87. The molecule has 1 rings (SSSR count). The Labute approximate surface area is 128 Å². The molecule has 0 saturated carbocycles. The Kier molecular flexibility index (Phi) is 7.55. The molecule has 0 aliphatic carbocycles. The van der Waals surface area contributed by atoms with E-state index in [9.17, 15) is 9.59 Å². The van der Waals surface area contributed by atoms with E-state index in [4.69, 9.17) is 15.6 Å². The van der Waals surface area contributed by atoms with E-state index in [1.54, 1.807) is 31.4 Å². The molecule has 120 valence electrons. The number of azo groups is 1. The molecular formula is C14H20N4O4. The van der Waals surface area contributed by atoms with Crippen molar-refractivity contribution < 1.29 is 19.4 Å². The molecule has 1 aromatic carbocycles. The number of carboxylic acids is 1. The highest BCUT2D eigenvalue weighted by atomic mass is 16.5. The summed E-state index contributed by atoms with van der Waals surface area (Å²) in [6.45, 7) is 0.484. The van der Waals surface area contributed by atoms with Crippen LogP contribution in [-0.2, 0) is 4.79 Å². The summed E-state index contributed by atoms with van der Waals surface area (Å²) in [7, 11) is 1.54. The Morgan fingerprint density at radius 2 is 2.00 bits per heavy atom.